The van der Waals surface area contributed by atoms with E-state index in [1.807, 2.05) is 30.3 Å². The van der Waals surface area contributed by atoms with E-state index in [0.717, 1.165) is 5.56 Å². The van der Waals surface area contributed by atoms with Crippen molar-refractivity contribution in [1.29, 1.82) is 0 Å². The molecule has 0 N–H and O–H groups in total. The second-order valence-corrected chi connectivity index (χ2v) is 7.04. The molecule has 7 heteroatoms. The Balaban J connectivity index is 2.07. The van der Waals surface area contributed by atoms with Crippen molar-refractivity contribution in [3.8, 4) is 11.3 Å². The molecule has 0 fully saturated rings. The molecule has 0 saturated heterocycles. The topological polar surface area (TPSA) is 77.2 Å². The monoisotopic (exact) mass is 336 g/mol. The van der Waals surface area contributed by atoms with Crippen LogP contribution in [0.2, 0.25) is 0 Å². The third-order valence-electron chi connectivity index (χ3n) is 3.66. The third-order valence-corrected chi connectivity index (χ3v) is 5.43. The first-order valence-corrected chi connectivity index (χ1v) is 8.70. The molecule has 0 aliphatic heterocycles. The molecule has 0 saturated carbocycles. The molecular formula is C17H12N4O2S. The van der Waals surface area contributed by atoms with Gasteiger partial charge in [0, 0.05) is 5.56 Å². The van der Waals surface area contributed by atoms with Crippen LogP contribution in [0.4, 0.5) is 0 Å². The molecule has 118 valence electrons. The average Bonchev–Trinajstić information content (AvgIpc) is 3.11. The molecule has 2 heterocycles. The van der Waals surface area contributed by atoms with Crippen LogP contribution in [0.1, 0.15) is 0 Å². The lowest BCUT2D eigenvalue weighted by Crippen LogP contribution is -2.09. The van der Waals surface area contributed by atoms with Crippen molar-refractivity contribution in [2.45, 2.75) is 9.79 Å². The highest BCUT2D eigenvalue weighted by molar-refractivity contribution is 7.91. The highest BCUT2D eigenvalue weighted by Crippen LogP contribution is 2.30. The summed E-state index contributed by atoms with van der Waals surface area (Å²) < 4.78 is 27.6. The lowest BCUT2D eigenvalue weighted by atomic mass is 10.1. The zero-order chi connectivity index (χ0) is 16.6. The second kappa shape index (κ2) is 5.54. The number of nitrogens with zero attached hydrogens (tertiary/aromatic N) is 4. The van der Waals surface area contributed by atoms with Gasteiger partial charge in [0.15, 0.2) is 0 Å². The number of hydrogen-bond donors (Lipinski definition) is 0. The first-order valence-electron chi connectivity index (χ1n) is 7.22. The van der Waals surface area contributed by atoms with Crippen molar-refractivity contribution in [2.24, 2.45) is 0 Å². The highest BCUT2D eigenvalue weighted by Gasteiger charge is 2.25. The molecule has 0 bridgehead atoms. The number of sulfone groups is 1. The molecule has 0 unspecified atom stereocenters. The summed E-state index contributed by atoms with van der Waals surface area (Å²) in [6, 6.07) is 17.5. The van der Waals surface area contributed by atoms with E-state index in [2.05, 4.69) is 15.1 Å². The van der Waals surface area contributed by atoms with E-state index < -0.39 is 9.84 Å². The third kappa shape index (κ3) is 2.26. The van der Waals surface area contributed by atoms with Crippen molar-refractivity contribution >= 4 is 15.6 Å². The highest BCUT2D eigenvalue weighted by atomic mass is 32.2. The van der Waals surface area contributed by atoms with E-state index in [0.29, 0.717) is 11.5 Å². The summed E-state index contributed by atoms with van der Waals surface area (Å²) in [5.74, 6) is 0.348. The van der Waals surface area contributed by atoms with Crippen molar-refractivity contribution in [3.05, 3.63) is 73.2 Å². The van der Waals surface area contributed by atoms with Gasteiger partial charge in [-0.25, -0.2) is 13.4 Å². The quantitative estimate of drug-likeness (QED) is 0.575. The molecule has 0 amide bonds. The lowest BCUT2D eigenvalue weighted by Gasteiger charge is -2.11. The van der Waals surface area contributed by atoms with Crippen LogP contribution in [-0.4, -0.2) is 28.0 Å². The summed E-state index contributed by atoms with van der Waals surface area (Å²) in [7, 11) is -3.74. The summed E-state index contributed by atoms with van der Waals surface area (Å²) in [5, 5.41) is 4.14. The van der Waals surface area contributed by atoms with Gasteiger partial charge in [-0.2, -0.15) is 14.6 Å². The molecule has 0 atom stereocenters. The summed E-state index contributed by atoms with van der Waals surface area (Å²) in [4.78, 5) is 8.48. The zero-order valence-corrected chi connectivity index (χ0v) is 13.3. The van der Waals surface area contributed by atoms with E-state index in [4.69, 9.17) is 0 Å². The summed E-state index contributed by atoms with van der Waals surface area (Å²) in [6.07, 6.45) is 2.70. The Morgan fingerprint density at radius 1 is 0.833 bits per heavy atom. The fraction of sp³-hybridized carbons (Fsp3) is 0. The Kier molecular flexibility index (Phi) is 3.35. The molecular weight excluding hydrogens is 324 g/mol. The molecule has 2 aromatic carbocycles. The van der Waals surface area contributed by atoms with E-state index >= 15 is 0 Å². The van der Waals surface area contributed by atoms with Crippen LogP contribution < -0.4 is 0 Å². The second-order valence-electron chi connectivity index (χ2n) is 5.13. The Labute approximate surface area is 138 Å². The van der Waals surface area contributed by atoms with E-state index in [1.165, 1.54) is 17.0 Å². The van der Waals surface area contributed by atoms with Gasteiger partial charge in [-0.3, -0.25) is 0 Å². The Morgan fingerprint density at radius 3 is 2.21 bits per heavy atom. The number of fused-ring (bicyclic) bond motifs is 1. The smallest absolute Gasteiger partial charge is 0.218 e. The van der Waals surface area contributed by atoms with Crippen LogP contribution in [-0.2, 0) is 9.84 Å². The first kappa shape index (κ1) is 14.5. The SMILES string of the molecule is O=S(=O)(c1ccccc1)c1cnc2ncnn2c1-c1ccccc1. The predicted octanol–water partition coefficient (Wildman–Crippen LogP) is 2.62. The number of hydrogen-bond acceptors (Lipinski definition) is 5. The maximum atomic E-state index is 13.1. The van der Waals surface area contributed by atoms with Gasteiger partial charge in [-0.05, 0) is 12.1 Å². The standard InChI is InChI=1S/C17H12N4O2S/c22-24(23,14-9-5-2-6-10-14)15-11-18-17-19-12-20-21(17)16(15)13-7-3-1-4-8-13/h1-12H. The molecule has 0 spiro atoms. The molecule has 0 aliphatic rings. The molecule has 0 aliphatic carbocycles. The molecule has 4 rings (SSSR count). The van der Waals surface area contributed by atoms with Crippen LogP contribution in [0.25, 0.3) is 17.0 Å². The maximum absolute atomic E-state index is 13.1. The van der Waals surface area contributed by atoms with Gasteiger partial charge < -0.3 is 0 Å². The normalized spacial score (nSPS) is 11.7. The largest absolute Gasteiger partial charge is 0.252 e. The minimum absolute atomic E-state index is 0.0953. The fourth-order valence-corrected chi connectivity index (χ4v) is 3.97. The minimum Gasteiger partial charge on any atom is -0.218 e. The number of benzene rings is 2. The van der Waals surface area contributed by atoms with Gasteiger partial charge in [-0.15, -0.1) is 0 Å². The molecule has 6 nitrogen and oxygen atoms in total. The van der Waals surface area contributed by atoms with Gasteiger partial charge >= 0.3 is 0 Å². The molecule has 24 heavy (non-hydrogen) atoms. The van der Waals surface area contributed by atoms with Crippen LogP contribution in [0, 0.1) is 0 Å². The fourth-order valence-electron chi connectivity index (χ4n) is 2.55. The van der Waals surface area contributed by atoms with Crippen LogP contribution in [0.15, 0.2) is 83.0 Å². The molecule has 4 aromatic rings. The predicted molar refractivity (Wildman–Crippen MR) is 88.1 cm³/mol. The number of rotatable bonds is 3. The van der Waals surface area contributed by atoms with E-state index in [9.17, 15) is 8.42 Å². The maximum Gasteiger partial charge on any atom is 0.252 e. The van der Waals surface area contributed by atoms with Crippen LogP contribution >= 0.6 is 0 Å². The minimum atomic E-state index is -3.74. The van der Waals surface area contributed by atoms with Gasteiger partial charge in [0.05, 0.1) is 16.8 Å². The van der Waals surface area contributed by atoms with Gasteiger partial charge in [0.2, 0.25) is 9.84 Å². The summed E-state index contributed by atoms with van der Waals surface area (Å²) in [6.45, 7) is 0. The molecule has 2 aromatic heterocycles. The Hall–Kier alpha value is -3.06. The van der Waals surface area contributed by atoms with Crippen molar-refractivity contribution < 1.29 is 8.42 Å². The van der Waals surface area contributed by atoms with Crippen molar-refractivity contribution in [1.82, 2.24) is 19.6 Å². The van der Waals surface area contributed by atoms with Gasteiger partial charge in [0.1, 0.15) is 11.2 Å². The van der Waals surface area contributed by atoms with Crippen molar-refractivity contribution in [3.63, 3.8) is 0 Å². The lowest BCUT2D eigenvalue weighted by molar-refractivity contribution is 0.595. The molecule has 0 radical (unpaired) electrons. The summed E-state index contributed by atoms with van der Waals surface area (Å²) >= 11 is 0. The van der Waals surface area contributed by atoms with Crippen molar-refractivity contribution in [2.75, 3.05) is 0 Å². The van der Waals surface area contributed by atoms with Crippen LogP contribution in [0.5, 0.6) is 0 Å². The Morgan fingerprint density at radius 2 is 1.50 bits per heavy atom. The zero-order valence-electron chi connectivity index (χ0n) is 12.4. The summed E-state index contributed by atoms with van der Waals surface area (Å²) in [5.41, 5.74) is 1.17. The van der Waals surface area contributed by atoms with E-state index in [1.54, 1.807) is 30.3 Å². The first-order chi connectivity index (χ1) is 11.7. The van der Waals surface area contributed by atoms with Gasteiger partial charge in [-0.1, -0.05) is 48.5 Å². The number of aromatic nitrogens is 4. The van der Waals surface area contributed by atoms with Crippen LogP contribution in [0.3, 0.4) is 0 Å². The Bertz CT molecular complexity index is 1110. The van der Waals surface area contributed by atoms with Gasteiger partial charge in [0.25, 0.3) is 5.78 Å². The average molecular weight is 336 g/mol. The van der Waals surface area contributed by atoms with E-state index in [-0.39, 0.29) is 9.79 Å².